The Morgan fingerprint density at radius 2 is 1.58 bits per heavy atom. The van der Waals surface area contributed by atoms with Crippen LogP contribution in [0.4, 0.5) is 11.5 Å². The Morgan fingerprint density at radius 1 is 0.848 bits per heavy atom. The van der Waals surface area contributed by atoms with Gasteiger partial charge in [0.15, 0.2) is 0 Å². The molecule has 0 saturated carbocycles. The molecule has 2 aromatic carbocycles. The van der Waals surface area contributed by atoms with Crippen molar-refractivity contribution in [2.24, 2.45) is 7.05 Å². The summed E-state index contributed by atoms with van der Waals surface area (Å²) in [7, 11) is 1.60. The van der Waals surface area contributed by atoms with Crippen LogP contribution in [0.15, 0.2) is 85.3 Å². The number of carbonyl (C=O) groups excluding carboxylic acids is 2. The van der Waals surface area contributed by atoms with Gasteiger partial charge in [0.05, 0.1) is 17.5 Å². The second-order valence-electron chi connectivity index (χ2n) is 7.32. The van der Waals surface area contributed by atoms with Crippen LogP contribution in [0.5, 0.6) is 0 Å². The van der Waals surface area contributed by atoms with Gasteiger partial charge in [-0.25, -0.2) is 4.98 Å². The maximum atomic E-state index is 13.0. The summed E-state index contributed by atoms with van der Waals surface area (Å²) < 4.78 is 3.14. The van der Waals surface area contributed by atoms with E-state index in [9.17, 15) is 9.59 Å². The van der Waals surface area contributed by atoms with Gasteiger partial charge in [-0.15, -0.1) is 0 Å². The first-order valence-corrected chi connectivity index (χ1v) is 10.2. The average molecular weight is 437 g/mol. The highest BCUT2D eigenvalue weighted by atomic mass is 16.2. The van der Waals surface area contributed by atoms with Gasteiger partial charge in [0.25, 0.3) is 11.8 Å². The SMILES string of the molecule is Cn1ncc(C(=O)Nc2ccccc2)c1C(=O)Nc1ccn2cc(-c3ccccc3)nc2n1. The molecule has 33 heavy (non-hydrogen) atoms. The predicted molar refractivity (Wildman–Crippen MR) is 124 cm³/mol. The first-order chi connectivity index (χ1) is 16.1. The van der Waals surface area contributed by atoms with Crippen molar-refractivity contribution in [3.05, 3.63) is 96.6 Å². The van der Waals surface area contributed by atoms with E-state index in [-0.39, 0.29) is 11.3 Å². The summed E-state index contributed by atoms with van der Waals surface area (Å²) in [6.45, 7) is 0. The Morgan fingerprint density at radius 3 is 2.33 bits per heavy atom. The van der Waals surface area contributed by atoms with E-state index < -0.39 is 11.8 Å². The van der Waals surface area contributed by atoms with Crippen LogP contribution in [0.1, 0.15) is 20.8 Å². The topological polar surface area (TPSA) is 106 Å². The Balaban J connectivity index is 1.38. The number of hydrogen-bond donors (Lipinski definition) is 2. The van der Waals surface area contributed by atoms with Gasteiger partial charge in [0.1, 0.15) is 11.5 Å². The largest absolute Gasteiger partial charge is 0.322 e. The molecule has 2 amide bonds. The fraction of sp³-hybridized carbons (Fsp3) is 0.0417. The highest BCUT2D eigenvalue weighted by molar-refractivity contribution is 6.14. The number of imidazole rings is 1. The van der Waals surface area contributed by atoms with E-state index in [1.807, 2.05) is 54.7 Å². The van der Waals surface area contributed by atoms with Gasteiger partial charge in [-0.1, -0.05) is 48.5 Å². The lowest BCUT2D eigenvalue weighted by Crippen LogP contribution is -2.22. The van der Waals surface area contributed by atoms with E-state index in [1.54, 1.807) is 35.8 Å². The van der Waals surface area contributed by atoms with Crippen molar-refractivity contribution in [3.8, 4) is 11.3 Å². The zero-order valence-electron chi connectivity index (χ0n) is 17.6. The first kappa shape index (κ1) is 20.1. The van der Waals surface area contributed by atoms with Crippen LogP contribution in [0, 0.1) is 0 Å². The van der Waals surface area contributed by atoms with Crippen LogP contribution in [-0.4, -0.2) is 36.0 Å². The molecule has 0 atom stereocenters. The van der Waals surface area contributed by atoms with Crippen LogP contribution in [0.3, 0.4) is 0 Å². The van der Waals surface area contributed by atoms with Gasteiger partial charge in [0.2, 0.25) is 5.78 Å². The summed E-state index contributed by atoms with van der Waals surface area (Å²) in [4.78, 5) is 34.7. The standard InChI is InChI=1S/C24H19N7O2/c1-30-21(18(14-25-30)22(32)26-17-10-6-3-7-11-17)23(33)28-20-12-13-31-15-19(27-24(31)29-20)16-8-4-2-5-9-16/h2-15H,1H3,(H,26,32)(H,27,28,29,33). The molecule has 5 aromatic rings. The van der Waals surface area contributed by atoms with Crippen molar-refractivity contribution in [1.82, 2.24) is 24.1 Å². The molecule has 162 valence electrons. The van der Waals surface area contributed by atoms with Crippen molar-refractivity contribution in [3.63, 3.8) is 0 Å². The van der Waals surface area contributed by atoms with Crippen LogP contribution >= 0.6 is 0 Å². The molecule has 0 unspecified atom stereocenters. The number of para-hydroxylation sites is 1. The molecule has 5 rings (SSSR count). The van der Waals surface area contributed by atoms with Crippen LogP contribution in [0.2, 0.25) is 0 Å². The van der Waals surface area contributed by atoms with E-state index in [1.165, 1.54) is 10.9 Å². The lowest BCUT2D eigenvalue weighted by molar-refractivity contribution is 0.0985. The molecule has 3 aromatic heterocycles. The van der Waals surface area contributed by atoms with Crippen LogP contribution < -0.4 is 10.6 Å². The van der Waals surface area contributed by atoms with Gasteiger partial charge in [0, 0.05) is 30.7 Å². The zero-order chi connectivity index (χ0) is 22.8. The van der Waals surface area contributed by atoms with Crippen molar-refractivity contribution in [2.75, 3.05) is 10.6 Å². The summed E-state index contributed by atoms with van der Waals surface area (Å²) in [6, 6.07) is 20.4. The highest BCUT2D eigenvalue weighted by Crippen LogP contribution is 2.19. The summed E-state index contributed by atoms with van der Waals surface area (Å²) in [5.41, 5.74) is 2.65. The van der Waals surface area contributed by atoms with Gasteiger partial charge >= 0.3 is 0 Å². The number of hydrogen-bond acceptors (Lipinski definition) is 5. The number of amides is 2. The number of nitrogens with zero attached hydrogens (tertiary/aromatic N) is 5. The molecular weight excluding hydrogens is 418 g/mol. The Bertz CT molecular complexity index is 1460. The van der Waals surface area contributed by atoms with Gasteiger partial charge in [-0.05, 0) is 18.2 Å². The van der Waals surface area contributed by atoms with Crippen molar-refractivity contribution >= 4 is 29.1 Å². The van der Waals surface area contributed by atoms with Crippen molar-refractivity contribution in [1.29, 1.82) is 0 Å². The van der Waals surface area contributed by atoms with E-state index in [2.05, 4.69) is 25.7 Å². The maximum Gasteiger partial charge on any atom is 0.275 e. The molecule has 0 aliphatic heterocycles. The van der Waals surface area contributed by atoms with Crippen molar-refractivity contribution in [2.45, 2.75) is 0 Å². The fourth-order valence-corrected chi connectivity index (χ4v) is 3.46. The molecule has 0 spiro atoms. The molecular formula is C24H19N7O2. The number of aromatic nitrogens is 5. The van der Waals surface area contributed by atoms with Crippen LogP contribution in [0.25, 0.3) is 17.0 Å². The highest BCUT2D eigenvalue weighted by Gasteiger charge is 2.23. The van der Waals surface area contributed by atoms with E-state index in [4.69, 9.17) is 0 Å². The lowest BCUT2D eigenvalue weighted by Gasteiger charge is -2.08. The average Bonchev–Trinajstić information content (AvgIpc) is 3.43. The monoisotopic (exact) mass is 437 g/mol. The molecule has 0 bridgehead atoms. The van der Waals surface area contributed by atoms with E-state index >= 15 is 0 Å². The Hall–Kier alpha value is -4.79. The predicted octanol–water partition coefficient (Wildman–Crippen LogP) is 3.63. The summed E-state index contributed by atoms with van der Waals surface area (Å²) >= 11 is 0. The normalized spacial score (nSPS) is 10.8. The summed E-state index contributed by atoms with van der Waals surface area (Å²) in [5, 5.41) is 9.60. The fourth-order valence-electron chi connectivity index (χ4n) is 3.46. The molecule has 0 aliphatic carbocycles. The molecule has 9 heteroatoms. The van der Waals surface area contributed by atoms with Gasteiger partial charge in [-0.3, -0.25) is 18.7 Å². The number of rotatable bonds is 5. The van der Waals surface area contributed by atoms with E-state index in [0.717, 1.165) is 11.3 Å². The first-order valence-electron chi connectivity index (χ1n) is 10.2. The Kier molecular flexibility index (Phi) is 5.12. The molecule has 2 N–H and O–H groups in total. The lowest BCUT2D eigenvalue weighted by atomic mass is 10.2. The number of nitrogens with one attached hydrogen (secondary N) is 2. The smallest absolute Gasteiger partial charge is 0.275 e. The molecule has 0 saturated heterocycles. The number of benzene rings is 2. The Labute approximate surface area is 188 Å². The minimum Gasteiger partial charge on any atom is -0.322 e. The minimum atomic E-state index is -0.500. The molecule has 9 nitrogen and oxygen atoms in total. The quantitative estimate of drug-likeness (QED) is 0.437. The molecule has 3 heterocycles. The number of aryl methyl sites for hydroxylation is 1. The second kappa shape index (κ2) is 8.39. The molecule has 0 radical (unpaired) electrons. The zero-order valence-corrected chi connectivity index (χ0v) is 17.6. The number of anilines is 2. The maximum absolute atomic E-state index is 13.0. The third-order valence-electron chi connectivity index (χ3n) is 5.07. The van der Waals surface area contributed by atoms with Gasteiger partial charge in [-0.2, -0.15) is 10.1 Å². The third-order valence-corrected chi connectivity index (χ3v) is 5.07. The number of carbonyl (C=O) groups is 2. The summed E-state index contributed by atoms with van der Waals surface area (Å²) in [6.07, 6.45) is 5.00. The third kappa shape index (κ3) is 4.07. The van der Waals surface area contributed by atoms with Crippen molar-refractivity contribution < 1.29 is 9.59 Å². The van der Waals surface area contributed by atoms with E-state index in [0.29, 0.717) is 17.3 Å². The van der Waals surface area contributed by atoms with Gasteiger partial charge < -0.3 is 10.6 Å². The number of fused-ring (bicyclic) bond motifs is 1. The minimum absolute atomic E-state index is 0.124. The van der Waals surface area contributed by atoms with Crippen LogP contribution in [-0.2, 0) is 7.05 Å². The summed E-state index contributed by atoms with van der Waals surface area (Å²) in [5.74, 6) is -0.171. The molecule has 0 fully saturated rings. The second-order valence-corrected chi connectivity index (χ2v) is 7.32. The molecule has 0 aliphatic rings.